The molecule has 0 saturated carbocycles. The number of likely N-dealkylation sites (tertiary alicyclic amines) is 1. The monoisotopic (exact) mass is 496 g/mol. The van der Waals surface area contributed by atoms with E-state index in [1.807, 2.05) is 12.3 Å². The number of piperazine rings is 2. The summed E-state index contributed by atoms with van der Waals surface area (Å²) >= 11 is 0. The highest BCUT2D eigenvalue weighted by molar-refractivity contribution is 6.03. The molecule has 37 heavy (non-hydrogen) atoms. The van der Waals surface area contributed by atoms with E-state index in [4.69, 9.17) is 0 Å². The summed E-state index contributed by atoms with van der Waals surface area (Å²) in [4.78, 5) is 39.9. The van der Waals surface area contributed by atoms with Crippen LogP contribution in [0, 0.1) is 0 Å². The Morgan fingerprint density at radius 1 is 0.919 bits per heavy atom. The normalized spacial score (nSPS) is 22.9. The van der Waals surface area contributed by atoms with Crippen molar-refractivity contribution in [3.05, 3.63) is 48.5 Å². The Bertz CT molecular complexity index is 1480. The fraction of sp³-hybridized carbons (Fsp3) is 0.429. The number of aromatic amines is 1. The van der Waals surface area contributed by atoms with Crippen LogP contribution in [0.4, 0.5) is 5.82 Å². The number of benzene rings is 1. The molecule has 4 aromatic rings. The van der Waals surface area contributed by atoms with Crippen molar-refractivity contribution in [2.24, 2.45) is 0 Å². The lowest BCUT2D eigenvalue weighted by molar-refractivity contribution is 0.0472. The third kappa shape index (κ3) is 3.84. The minimum Gasteiger partial charge on any atom is -0.353 e. The van der Waals surface area contributed by atoms with Crippen molar-refractivity contribution < 1.29 is 4.79 Å². The average Bonchev–Trinajstić information content (AvgIpc) is 3.46. The molecule has 9 heteroatoms. The van der Waals surface area contributed by atoms with Crippen molar-refractivity contribution in [3.8, 4) is 11.1 Å². The summed E-state index contributed by atoms with van der Waals surface area (Å²) in [5.41, 5.74) is 4.49. The van der Waals surface area contributed by atoms with Crippen LogP contribution in [0.3, 0.4) is 0 Å². The van der Waals surface area contributed by atoms with Gasteiger partial charge in [0.1, 0.15) is 17.8 Å². The number of aromatic nitrogens is 4. The Balaban J connectivity index is 1.26. The number of nitrogens with zero attached hydrogens (tertiary/aromatic N) is 7. The average molecular weight is 497 g/mol. The Kier molecular flexibility index (Phi) is 5.37. The van der Waals surface area contributed by atoms with Crippen molar-refractivity contribution in [2.75, 3.05) is 58.3 Å². The van der Waals surface area contributed by atoms with Crippen LogP contribution in [0.1, 0.15) is 23.2 Å². The van der Waals surface area contributed by atoms with E-state index in [-0.39, 0.29) is 5.91 Å². The molecule has 190 valence electrons. The molecule has 3 aliphatic heterocycles. The summed E-state index contributed by atoms with van der Waals surface area (Å²) in [5.74, 6) is 1.09. The quantitative estimate of drug-likeness (QED) is 0.467. The first-order chi connectivity index (χ1) is 18.0. The zero-order valence-electron chi connectivity index (χ0n) is 21.4. The van der Waals surface area contributed by atoms with Crippen LogP contribution in [-0.4, -0.2) is 106 Å². The molecule has 0 radical (unpaired) electrons. The Morgan fingerprint density at radius 2 is 1.70 bits per heavy atom. The number of likely N-dealkylation sites (N-methyl/N-ethyl adjacent to an activating group) is 2. The predicted molar refractivity (Wildman–Crippen MR) is 145 cm³/mol. The second kappa shape index (κ2) is 8.78. The molecule has 3 fully saturated rings. The summed E-state index contributed by atoms with van der Waals surface area (Å²) in [6.45, 7) is 5.83. The van der Waals surface area contributed by atoms with Gasteiger partial charge in [-0.15, -0.1) is 0 Å². The molecule has 3 saturated heterocycles. The molecule has 3 aromatic heterocycles. The molecule has 7 rings (SSSR count). The van der Waals surface area contributed by atoms with Crippen molar-refractivity contribution >= 4 is 33.7 Å². The fourth-order valence-corrected chi connectivity index (χ4v) is 6.43. The van der Waals surface area contributed by atoms with Crippen LogP contribution in [0.5, 0.6) is 0 Å². The minimum absolute atomic E-state index is 0.103. The molecule has 0 aliphatic carbocycles. The second-order valence-electron chi connectivity index (χ2n) is 10.9. The number of amides is 1. The maximum absolute atomic E-state index is 13.6. The van der Waals surface area contributed by atoms with Crippen LogP contribution in [0.25, 0.3) is 33.1 Å². The summed E-state index contributed by atoms with van der Waals surface area (Å²) in [6.07, 6.45) is 7.55. The molecule has 9 nitrogen and oxygen atoms in total. The van der Waals surface area contributed by atoms with E-state index in [0.717, 1.165) is 91.0 Å². The maximum Gasteiger partial charge on any atom is 0.256 e. The van der Waals surface area contributed by atoms with E-state index in [1.165, 1.54) is 0 Å². The number of pyridine rings is 1. The van der Waals surface area contributed by atoms with Gasteiger partial charge in [-0.3, -0.25) is 4.79 Å². The SMILES string of the molecule is CN1CCN(c2ncnc3ccc(-c4c[nH]c5ncc(C(=O)N6C7CCC6CN(C)C7)cc45)cc23)CC1. The molecule has 0 spiro atoms. The zero-order chi connectivity index (χ0) is 25.1. The van der Waals surface area contributed by atoms with E-state index in [1.54, 1.807) is 12.5 Å². The smallest absolute Gasteiger partial charge is 0.256 e. The van der Waals surface area contributed by atoms with Crippen LogP contribution in [0.15, 0.2) is 43.0 Å². The van der Waals surface area contributed by atoms with E-state index < -0.39 is 0 Å². The first kappa shape index (κ1) is 22.6. The Morgan fingerprint density at radius 3 is 2.49 bits per heavy atom. The number of hydrogen-bond acceptors (Lipinski definition) is 7. The molecule has 6 heterocycles. The third-order valence-electron chi connectivity index (χ3n) is 8.41. The highest BCUT2D eigenvalue weighted by Crippen LogP contribution is 2.35. The van der Waals surface area contributed by atoms with Crippen molar-refractivity contribution in [1.29, 1.82) is 0 Å². The van der Waals surface area contributed by atoms with Crippen LogP contribution in [0.2, 0.25) is 0 Å². The third-order valence-corrected chi connectivity index (χ3v) is 8.41. The molecule has 1 amide bonds. The van der Waals surface area contributed by atoms with Crippen LogP contribution < -0.4 is 4.90 Å². The molecule has 2 bridgehead atoms. The van der Waals surface area contributed by atoms with Gasteiger partial charge in [-0.25, -0.2) is 15.0 Å². The highest BCUT2D eigenvalue weighted by Gasteiger charge is 2.41. The minimum atomic E-state index is 0.103. The van der Waals surface area contributed by atoms with Gasteiger partial charge in [0, 0.05) is 80.1 Å². The lowest BCUT2D eigenvalue weighted by Crippen LogP contribution is -2.54. The standard InChI is InChI=1S/C28H32N8O/c1-33-7-9-35(10-8-33)27-23-11-18(3-6-25(23)31-17-32-27)24-14-30-26-22(24)12-19(13-29-26)28(37)36-20-4-5-21(36)16-34(2)15-20/h3,6,11-14,17,20-21H,4-5,7-10,15-16H2,1-2H3,(H,29,30). The molecule has 2 unspecified atom stereocenters. The largest absolute Gasteiger partial charge is 0.353 e. The lowest BCUT2D eigenvalue weighted by Gasteiger charge is -2.39. The van der Waals surface area contributed by atoms with Gasteiger partial charge in [0.05, 0.1) is 11.1 Å². The van der Waals surface area contributed by atoms with Gasteiger partial charge < -0.3 is 24.6 Å². The maximum atomic E-state index is 13.6. The molecular formula is C28H32N8O. The molecule has 2 atom stereocenters. The topological polar surface area (TPSA) is 84.5 Å². The van der Waals surface area contributed by atoms with E-state index in [9.17, 15) is 4.79 Å². The van der Waals surface area contributed by atoms with E-state index in [2.05, 4.69) is 71.8 Å². The number of fused-ring (bicyclic) bond motifs is 4. The Labute approximate surface area is 216 Å². The summed E-state index contributed by atoms with van der Waals surface area (Å²) in [5, 5.41) is 2.01. The van der Waals surface area contributed by atoms with Crippen LogP contribution in [-0.2, 0) is 0 Å². The van der Waals surface area contributed by atoms with E-state index >= 15 is 0 Å². The zero-order valence-corrected chi connectivity index (χ0v) is 21.4. The second-order valence-corrected chi connectivity index (χ2v) is 10.9. The van der Waals surface area contributed by atoms with Gasteiger partial charge >= 0.3 is 0 Å². The lowest BCUT2D eigenvalue weighted by atomic mass is 10.0. The first-order valence-corrected chi connectivity index (χ1v) is 13.2. The van der Waals surface area contributed by atoms with Gasteiger partial charge in [0.25, 0.3) is 5.91 Å². The van der Waals surface area contributed by atoms with Gasteiger partial charge in [0.2, 0.25) is 0 Å². The first-order valence-electron chi connectivity index (χ1n) is 13.2. The van der Waals surface area contributed by atoms with Crippen molar-refractivity contribution in [1.82, 2.24) is 34.6 Å². The van der Waals surface area contributed by atoms with E-state index in [0.29, 0.717) is 17.6 Å². The van der Waals surface area contributed by atoms with Gasteiger partial charge in [-0.1, -0.05) is 6.07 Å². The number of rotatable bonds is 3. The predicted octanol–water partition coefficient (Wildman–Crippen LogP) is 2.84. The molecule has 1 N–H and O–H groups in total. The number of carbonyl (C=O) groups is 1. The van der Waals surface area contributed by atoms with Crippen LogP contribution >= 0.6 is 0 Å². The summed E-state index contributed by atoms with van der Waals surface area (Å²) in [7, 11) is 4.31. The van der Waals surface area contributed by atoms with Crippen molar-refractivity contribution in [3.63, 3.8) is 0 Å². The van der Waals surface area contributed by atoms with Gasteiger partial charge in [-0.05, 0) is 50.7 Å². The highest BCUT2D eigenvalue weighted by atomic mass is 16.2. The number of H-pyrrole nitrogens is 1. The number of hydrogen-bond donors (Lipinski definition) is 1. The Hall–Kier alpha value is -3.56. The van der Waals surface area contributed by atoms with Crippen molar-refractivity contribution in [2.45, 2.75) is 24.9 Å². The number of anilines is 1. The number of nitrogens with one attached hydrogen (secondary N) is 1. The summed E-state index contributed by atoms with van der Waals surface area (Å²) in [6, 6.07) is 8.95. The molecule has 3 aliphatic rings. The number of carbonyl (C=O) groups excluding carboxylic acids is 1. The van der Waals surface area contributed by atoms with Gasteiger partial charge in [-0.2, -0.15) is 0 Å². The molecular weight excluding hydrogens is 464 g/mol. The van der Waals surface area contributed by atoms with Gasteiger partial charge in [0.15, 0.2) is 0 Å². The summed E-state index contributed by atoms with van der Waals surface area (Å²) < 4.78 is 0. The fourth-order valence-electron chi connectivity index (χ4n) is 6.43. The molecule has 1 aromatic carbocycles.